The molecule has 3 aromatic rings. The molecule has 0 bridgehead atoms. The quantitative estimate of drug-likeness (QED) is 0.279. The second-order valence-electron chi connectivity index (χ2n) is 6.17. The van der Waals surface area contributed by atoms with E-state index in [0.29, 0.717) is 17.4 Å². The Balaban J connectivity index is 2.04. The zero-order valence-corrected chi connectivity index (χ0v) is 16.2. The lowest BCUT2D eigenvalue weighted by Gasteiger charge is -2.21. The van der Waals surface area contributed by atoms with E-state index in [1.54, 1.807) is 19.2 Å². The van der Waals surface area contributed by atoms with Crippen molar-refractivity contribution in [2.24, 2.45) is 5.73 Å². The monoisotopic (exact) mass is 391 g/mol. The molecule has 0 aliphatic heterocycles. The number of nitrogens with one attached hydrogen (secondary N) is 2. The average Bonchev–Trinajstić information content (AvgIpc) is 3.21. The predicted molar refractivity (Wildman–Crippen MR) is 114 cm³/mol. The Kier molecular flexibility index (Phi) is 6.03. The second-order valence-corrected chi connectivity index (χ2v) is 7.28. The number of hydrogen-bond donors (Lipinski definition) is 4. The van der Waals surface area contributed by atoms with Gasteiger partial charge in [-0.25, -0.2) is 0 Å². The molecule has 0 fully saturated rings. The number of carbonyl (C=O) groups excluding carboxylic acids is 1. The minimum absolute atomic E-state index is 0.0192. The van der Waals surface area contributed by atoms with Crippen LogP contribution in [0, 0.1) is 5.41 Å². The first kappa shape index (κ1) is 19.5. The zero-order valence-electron chi connectivity index (χ0n) is 15.3. The van der Waals surface area contributed by atoms with Gasteiger partial charge in [-0.2, -0.15) is 0 Å². The number of likely N-dealkylation sites (N-methyl/N-ethyl adjacent to an activating group) is 1. The fourth-order valence-electron chi connectivity index (χ4n) is 3.04. The number of aromatic hydroxyl groups is 1. The highest BCUT2D eigenvalue weighted by molar-refractivity contribution is 7.15. The summed E-state index contributed by atoms with van der Waals surface area (Å²) in [5, 5.41) is 21.9. The Morgan fingerprint density at radius 2 is 1.79 bits per heavy atom. The molecular weight excluding hydrogens is 370 g/mol. The Morgan fingerprint density at radius 1 is 1.11 bits per heavy atom. The van der Waals surface area contributed by atoms with Gasteiger partial charge in [0.15, 0.2) is 6.29 Å². The molecule has 142 valence electrons. The fraction of sp³-hybridized carbons (Fsp3) is 0.0909. The number of hydrogen-bond acceptors (Lipinski definition) is 6. The van der Waals surface area contributed by atoms with E-state index in [4.69, 9.17) is 11.1 Å². The summed E-state index contributed by atoms with van der Waals surface area (Å²) >= 11 is 1.48. The summed E-state index contributed by atoms with van der Waals surface area (Å²) in [7, 11) is 1.76. The number of carbonyl (C=O) groups is 1. The van der Waals surface area contributed by atoms with Crippen LogP contribution in [0.2, 0.25) is 0 Å². The lowest BCUT2D eigenvalue weighted by atomic mass is 9.93. The van der Waals surface area contributed by atoms with Gasteiger partial charge < -0.3 is 16.2 Å². The number of rotatable bonds is 7. The van der Waals surface area contributed by atoms with Crippen molar-refractivity contribution in [3.8, 4) is 16.2 Å². The third-order valence-electron chi connectivity index (χ3n) is 4.43. The number of thiophene rings is 1. The van der Waals surface area contributed by atoms with E-state index in [1.807, 2.05) is 54.6 Å². The van der Waals surface area contributed by atoms with E-state index in [1.165, 1.54) is 11.3 Å². The standard InChI is InChI=1S/C22H21N3O2S/c1-25-22(19-12-11-18(28-19)15-9-5-6-10-17(15)27)20(16(23)13-26)21(24)14-7-3-2-4-8-14/h2-13,22,24-25,27H,23H2,1H3/b20-16+,24-21?. The molecule has 2 aromatic carbocycles. The number of nitrogens with two attached hydrogens (primary N) is 1. The highest BCUT2D eigenvalue weighted by Crippen LogP contribution is 2.38. The molecular formula is C22H21N3O2S. The van der Waals surface area contributed by atoms with Gasteiger partial charge in [-0.3, -0.25) is 10.2 Å². The van der Waals surface area contributed by atoms with Gasteiger partial charge in [0, 0.05) is 20.9 Å². The first-order valence-corrected chi connectivity index (χ1v) is 9.53. The predicted octanol–water partition coefficient (Wildman–Crippen LogP) is 3.86. The van der Waals surface area contributed by atoms with Crippen LogP contribution < -0.4 is 11.1 Å². The van der Waals surface area contributed by atoms with Crippen molar-refractivity contribution in [3.05, 3.63) is 88.4 Å². The first-order chi connectivity index (χ1) is 13.6. The summed E-state index contributed by atoms with van der Waals surface area (Å²) in [4.78, 5) is 13.3. The Labute approximate surface area is 167 Å². The van der Waals surface area contributed by atoms with Gasteiger partial charge in [0.25, 0.3) is 0 Å². The summed E-state index contributed by atoms with van der Waals surface area (Å²) in [6, 6.07) is 19.7. The van der Waals surface area contributed by atoms with Crippen molar-refractivity contribution >= 4 is 23.3 Å². The number of aldehydes is 1. The van der Waals surface area contributed by atoms with Crippen molar-refractivity contribution in [2.45, 2.75) is 6.04 Å². The number of phenolic OH excluding ortho intramolecular Hbond substituents is 1. The molecule has 0 saturated heterocycles. The molecule has 1 heterocycles. The molecule has 1 aromatic heterocycles. The number of allylic oxidation sites excluding steroid dienone is 1. The highest BCUT2D eigenvalue weighted by atomic mass is 32.1. The summed E-state index contributed by atoms with van der Waals surface area (Å²) in [5.74, 6) is 0.206. The topological polar surface area (TPSA) is 99.2 Å². The Hall–Kier alpha value is -3.22. The highest BCUT2D eigenvalue weighted by Gasteiger charge is 2.24. The van der Waals surface area contributed by atoms with Crippen molar-refractivity contribution in [3.63, 3.8) is 0 Å². The molecule has 3 rings (SSSR count). The van der Waals surface area contributed by atoms with Crippen LogP contribution in [0.5, 0.6) is 5.75 Å². The largest absolute Gasteiger partial charge is 0.507 e. The third-order valence-corrected chi connectivity index (χ3v) is 5.61. The maximum Gasteiger partial charge on any atom is 0.166 e. The van der Waals surface area contributed by atoms with Crippen molar-refractivity contribution in [1.29, 1.82) is 5.41 Å². The van der Waals surface area contributed by atoms with Gasteiger partial charge in [-0.15, -0.1) is 11.3 Å². The molecule has 6 heteroatoms. The Morgan fingerprint density at radius 3 is 2.43 bits per heavy atom. The third kappa shape index (κ3) is 3.88. The molecule has 0 aliphatic rings. The minimum Gasteiger partial charge on any atom is -0.507 e. The molecule has 0 aliphatic carbocycles. The van der Waals surface area contributed by atoms with Gasteiger partial charge in [0.05, 0.1) is 17.5 Å². The van der Waals surface area contributed by atoms with Crippen LogP contribution in [-0.4, -0.2) is 24.2 Å². The minimum atomic E-state index is -0.428. The second kappa shape index (κ2) is 8.65. The first-order valence-electron chi connectivity index (χ1n) is 8.71. The van der Waals surface area contributed by atoms with Crippen LogP contribution in [-0.2, 0) is 4.79 Å². The van der Waals surface area contributed by atoms with E-state index in [-0.39, 0.29) is 17.2 Å². The van der Waals surface area contributed by atoms with E-state index in [2.05, 4.69) is 5.32 Å². The van der Waals surface area contributed by atoms with Crippen molar-refractivity contribution < 1.29 is 9.90 Å². The summed E-state index contributed by atoms with van der Waals surface area (Å²) in [6.45, 7) is 0. The van der Waals surface area contributed by atoms with Crippen LogP contribution in [0.1, 0.15) is 16.5 Å². The van der Waals surface area contributed by atoms with Crippen LogP contribution in [0.25, 0.3) is 10.4 Å². The normalized spacial score (nSPS) is 12.9. The average molecular weight is 391 g/mol. The van der Waals surface area contributed by atoms with E-state index >= 15 is 0 Å². The maximum atomic E-state index is 11.5. The van der Waals surface area contributed by atoms with Gasteiger partial charge in [-0.05, 0) is 36.9 Å². The molecule has 0 radical (unpaired) electrons. The molecule has 28 heavy (non-hydrogen) atoms. The lowest BCUT2D eigenvalue weighted by molar-refractivity contribution is -0.105. The smallest absolute Gasteiger partial charge is 0.166 e. The van der Waals surface area contributed by atoms with Crippen molar-refractivity contribution in [1.82, 2.24) is 5.32 Å². The molecule has 0 spiro atoms. The van der Waals surface area contributed by atoms with Crippen LogP contribution in [0.4, 0.5) is 0 Å². The van der Waals surface area contributed by atoms with Gasteiger partial charge in [-0.1, -0.05) is 42.5 Å². The van der Waals surface area contributed by atoms with E-state index in [0.717, 1.165) is 15.3 Å². The SMILES string of the molecule is CNC(/C(C(=N)c1ccccc1)=C(/N)C=O)c1ccc(-c2ccccc2O)s1. The van der Waals surface area contributed by atoms with Crippen LogP contribution >= 0.6 is 11.3 Å². The summed E-state index contributed by atoms with van der Waals surface area (Å²) < 4.78 is 0. The van der Waals surface area contributed by atoms with Crippen molar-refractivity contribution in [2.75, 3.05) is 7.05 Å². The van der Waals surface area contributed by atoms with Crippen LogP contribution in [0.3, 0.4) is 0 Å². The molecule has 0 amide bonds. The molecule has 1 atom stereocenters. The fourth-order valence-corrected chi connectivity index (χ4v) is 4.20. The van der Waals surface area contributed by atoms with E-state index < -0.39 is 6.04 Å². The molecule has 0 saturated carbocycles. The summed E-state index contributed by atoms with van der Waals surface area (Å²) in [6.07, 6.45) is 0.578. The number of phenols is 1. The molecule has 5 nitrogen and oxygen atoms in total. The number of benzene rings is 2. The van der Waals surface area contributed by atoms with Gasteiger partial charge >= 0.3 is 0 Å². The lowest BCUT2D eigenvalue weighted by Crippen LogP contribution is -2.26. The molecule has 1 unspecified atom stereocenters. The van der Waals surface area contributed by atoms with E-state index in [9.17, 15) is 9.90 Å². The van der Waals surface area contributed by atoms with Gasteiger partial charge in [0.1, 0.15) is 5.75 Å². The summed E-state index contributed by atoms with van der Waals surface area (Å²) in [5.41, 5.74) is 8.06. The zero-order chi connectivity index (χ0) is 20.1. The van der Waals surface area contributed by atoms with Crippen LogP contribution in [0.15, 0.2) is 78.0 Å². The molecule has 5 N–H and O–H groups in total. The van der Waals surface area contributed by atoms with Gasteiger partial charge in [0.2, 0.25) is 0 Å². The Bertz CT molecular complexity index is 1030. The maximum absolute atomic E-state index is 11.5. The number of para-hydroxylation sites is 1.